The molecule has 2 aliphatic rings. The van der Waals surface area contributed by atoms with Crippen molar-refractivity contribution in [1.82, 2.24) is 20.0 Å². The Morgan fingerprint density at radius 1 is 0.976 bits per heavy atom. The Morgan fingerprint density at radius 2 is 1.60 bits per heavy atom. The first-order valence-corrected chi connectivity index (χ1v) is 14.2. The van der Waals surface area contributed by atoms with E-state index in [0.717, 1.165) is 0 Å². The minimum Gasteiger partial charge on any atom is -0.490 e. The summed E-state index contributed by atoms with van der Waals surface area (Å²) in [6.07, 6.45) is -1.84. The summed E-state index contributed by atoms with van der Waals surface area (Å²) >= 11 is 0. The Morgan fingerprint density at radius 3 is 2.17 bits per heavy atom. The second-order valence-corrected chi connectivity index (χ2v) is 12.5. The molecule has 0 bridgehead atoms. The number of ether oxygens (including phenoxy) is 4. The fourth-order valence-corrected chi connectivity index (χ4v) is 4.38. The standard InChI is InChI=1S/C29H44N4O9/c1-28(2,3)41-25(36)30-23(24(34)35)17-20-7-9-21(10-8-20)39-19-22-18-33(26(37)40-22)16-13-31-11-14-32(15-12-31)27(38)42-29(4,5)6/h7-10,22-23H,11-19H2,1-6H3,(H,30,36)(H,34,35). The molecule has 13 nitrogen and oxygen atoms in total. The number of aliphatic carboxylic acids is 1. The fraction of sp³-hybridized carbons (Fsp3) is 0.655. The smallest absolute Gasteiger partial charge is 0.410 e. The molecule has 0 aliphatic carbocycles. The van der Waals surface area contributed by atoms with Crippen molar-refractivity contribution in [2.75, 3.05) is 52.4 Å². The molecule has 13 heteroatoms. The molecule has 1 aromatic rings. The van der Waals surface area contributed by atoms with Gasteiger partial charge in [0.2, 0.25) is 0 Å². The molecule has 0 radical (unpaired) electrons. The molecule has 2 fully saturated rings. The van der Waals surface area contributed by atoms with Crippen LogP contribution in [0.25, 0.3) is 0 Å². The summed E-state index contributed by atoms with van der Waals surface area (Å²) in [5.41, 5.74) is -0.574. The number of nitrogens with zero attached hydrogens (tertiary/aromatic N) is 3. The van der Waals surface area contributed by atoms with Crippen molar-refractivity contribution in [3.8, 4) is 5.75 Å². The van der Waals surface area contributed by atoms with Crippen LogP contribution in [0.1, 0.15) is 47.1 Å². The second-order valence-electron chi connectivity index (χ2n) is 12.5. The van der Waals surface area contributed by atoms with E-state index in [-0.39, 0.29) is 25.2 Å². The number of amides is 3. The number of nitrogens with one attached hydrogen (secondary N) is 1. The second kappa shape index (κ2) is 14.0. The molecule has 2 atom stereocenters. The van der Waals surface area contributed by atoms with Gasteiger partial charge in [-0.15, -0.1) is 0 Å². The SMILES string of the molecule is CC(C)(C)OC(=O)NC(Cc1ccc(OCC2CN(CCN3CCN(C(=O)OC(C)(C)C)CC3)C(=O)O2)cc1)C(=O)O. The van der Waals surface area contributed by atoms with Gasteiger partial charge in [0.15, 0.2) is 6.10 Å². The van der Waals surface area contributed by atoms with Crippen LogP contribution in [0, 0.1) is 0 Å². The maximum Gasteiger partial charge on any atom is 0.410 e. The van der Waals surface area contributed by atoms with Gasteiger partial charge in [0.25, 0.3) is 0 Å². The Hall–Kier alpha value is -3.74. The first kappa shape index (κ1) is 32.8. The van der Waals surface area contributed by atoms with E-state index in [0.29, 0.717) is 57.1 Å². The quantitative estimate of drug-likeness (QED) is 0.389. The zero-order chi connectivity index (χ0) is 31.1. The number of carbonyl (C=O) groups is 4. The van der Waals surface area contributed by atoms with Gasteiger partial charge in [-0.2, -0.15) is 0 Å². The van der Waals surface area contributed by atoms with Gasteiger partial charge in [-0.25, -0.2) is 19.2 Å². The molecular weight excluding hydrogens is 548 g/mol. The van der Waals surface area contributed by atoms with Crippen molar-refractivity contribution in [2.45, 2.75) is 71.3 Å². The summed E-state index contributed by atoms with van der Waals surface area (Å²) in [7, 11) is 0. The van der Waals surface area contributed by atoms with Crippen molar-refractivity contribution in [2.24, 2.45) is 0 Å². The molecule has 2 unspecified atom stereocenters. The van der Waals surface area contributed by atoms with E-state index in [1.54, 1.807) is 54.8 Å². The first-order valence-electron chi connectivity index (χ1n) is 14.2. The largest absolute Gasteiger partial charge is 0.490 e. The summed E-state index contributed by atoms with van der Waals surface area (Å²) < 4.78 is 21.9. The number of hydrogen-bond donors (Lipinski definition) is 2. The Bertz CT molecular complexity index is 1090. The summed E-state index contributed by atoms with van der Waals surface area (Å²) in [6.45, 7) is 15.0. The van der Waals surface area contributed by atoms with Gasteiger partial charge in [0, 0.05) is 45.7 Å². The number of piperazine rings is 1. The van der Waals surface area contributed by atoms with E-state index in [4.69, 9.17) is 18.9 Å². The monoisotopic (exact) mass is 592 g/mol. The van der Waals surface area contributed by atoms with Crippen molar-refractivity contribution in [3.63, 3.8) is 0 Å². The average molecular weight is 593 g/mol. The highest BCUT2D eigenvalue weighted by Crippen LogP contribution is 2.18. The summed E-state index contributed by atoms with van der Waals surface area (Å²) in [5.74, 6) is -0.625. The molecule has 2 saturated heterocycles. The van der Waals surface area contributed by atoms with Crippen LogP contribution >= 0.6 is 0 Å². The van der Waals surface area contributed by atoms with Crippen LogP contribution in [0.3, 0.4) is 0 Å². The van der Waals surface area contributed by atoms with Gasteiger partial charge in [-0.1, -0.05) is 12.1 Å². The zero-order valence-electron chi connectivity index (χ0n) is 25.4. The van der Waals surface area contributed by atoms with E-state index in [1.165, 1.54) is 0 Å². The Labute approximate surface area is 247 Å². The molecule has 2 aliphatic heterocycles. The number of alkyl carbamates (subject to hydrolysis) is 1. The minimum atomic E-state index is -1.17. The predicted octanol–water partition coefficient (Wildman–Crippen LogP) is 2.96. The lowest BCUT2D eigenvalue weighted by molar-refractivity contribution is -0.139. The minimum absolute atomic E-state index is 0.0696. The van der Waals surface area contributed by atoms with Crippen LogP contribution in [0.15, 0.2) is 24.3 Å². The van der Waals surface area contributed by atoms with E-state index < -0.39 is 35.4 Å². The molecule has 3 amide bonds. The maximum absolute atomic E-state index is 12.4. The summed E-state index contributed by atoms with van der Waals surface area (Å²) in [4.78, 5) is 53.8. The molecule has 0 aromatic heterocycles. The van der Waals surface area contributed by atoms with Crippen molar-refractivity contribution >= 4 is 24.2 Å². The zero-order valence-corrected chi connectivity index (χ0v) is 25.4. The predicted molar refractivity (Wildman–Crippen MR) is 153 cm³/mol. The topological polar surface area (TPSA) is 147 Å². The Balaban J connectivity index is 1.38. The third-order valence-electron chi connectivity index (χ3n) is 6.45. The van der Waals surface area contributed by atoms with Crippen LogP contribution in [0.4, 0.5) is 14.4 Å². The van der Waals surface area contributed by atoms with Gasteiger partial charge in [-0.3, -0.25) is 4.90 Å². The van der Waals surface area contributed by atoms with Crippen molar-refractivity contribution in [1.29, 1.82) is 0 Å². The van der Waals surface area contributed by atoms with E-state index in [2.05, 4.69) is 10.2 Å². The highest BCUT2D eigenvalue weighted by molar-refractivity contribution is 5.80. The lowest BCUT2D eigenvalue weighted by Crippen LogP contribution is -2.51. The molecule has 42 heavy (non-hydrogen) atoms. The summed E-state index contributed by atoms with van der Waals surface area (Å²) in [6, 6.07) is 5.69. The van der Waals surface area contributed by atoms with E-state index in [9.17, 15) is 24.3 Å². The highest BCUT2D eigenvalue weighted by Gasteiger charge is 2.33. The van der Waals surface area contributed by atoms with Crippen LogP contribution < -0.4 is 10.1 Å². The van der Waals surface area contributed by atoms with Gasteiger partial charge in [-0.05, 0) is 59.2 Å². The van der Waals surface area contributed by atoms with E-state index in [1.807, 2.05) is 20.8 Å². The number of carboxylic acid groups (broad SMARTS) is 1. The van der Waals surface area contributed by atoms with Gasteiger partial charge < -0.3 is 39.2 Å². The molecule has 2 heterocycles. The van der Waals surface area contributed by atoms with Crippen LogP contribution in [0.2, 0.25) is 0 Å². The van der Waals surface area contributed by atoms with Crippen molar-refractivity contribution < 1.29 is 43.2 Å². The fourth-order valence-electron chi connectivity index (χ4n) is 4.38. The molecule has 1 aromatic carbocycles. The lowest BCUT2D eigenvalue weighted by atomic mass is 10.1. The third-order valence-corrected chi connectivity index (χ3v) is 6.45. The number of cyclic esters (lactones) is 1. The van der Waals surface area contributed by atoms with Gasteiger partial charge in [0.1, 0.15) is 29.6 Å². The number of benzene rings is 1. The Kier molecular flexibility index (Phi) is 10.9. The van der Waals surface area contributed by atoms with Crippen LogP contribution in [0.5, 0.6) is 5.75 Å². The first-order chi connectivity index (χ1) is 19.6. The average Bonchev–Trinajstić information content (AvgIpc) is 3.24. The number of carbonyl (C=O) groups excluding carboxylic acids is 3. The molecule has 234 valence electrons. The summed E-state index contributed by atoms with van der Waals surface area (Å²) in [5, 5.41) is 11.9. The lowest BCUT2D eigenvalue weighted by Gasteiger charge is -2.36. The van der Waals surface area contributed by atoms with E-state index >= 15 is 0 Å². The van der Waals surface area contributed by atoms with Crippen LogP contribution in [-0.2, 0) is 25.4 Å². The van der Waals surface area contributed by atoms with Gasteiger partial charge >= 0.3 is 24.2 Å². The number of rotatable bonds is 10. The van der Waals surface area contributed by atoms with Gasteiger partial charge in [0.05, 0.1) is 6.54 Å². The normalized spacial score (nSPS) is 18.7. The highest BCUT2D eigenvalue weighted by atomic mass is 16.6. The maximum atomic E-state index is 12.4. The van der Waals surface area contributed by atoms with Crippen molar-refractivity contribution in [3.05, 3.63) is 29.8 Å². The van der Waals surface area contributed by atoms with Crippen LogP contribution in [-0.4, -0.2) is 120 Å². The molecule has 2 N–H and O–H groups in total. The molecular formula is C29H44N4O9. The number of carboxylic acids is 1. The third kappa shape index (κ3) is 10.9. The number of hydrogen-bond acceptors (Lipinski definition) is 9. The molecule has 0 spiro atoms. The molecule has 0 saturated carbocycles. The molecule has 3 rings (SSSR count).